The SMILES string of the molecule is CCC(C)(C)C1CCC(NCC(=O)NC(C)C)CC1. The first-order valence-electron chi connectivity index (χ1n) is 7.88. The number of hydrogen-bond donors (Lipinski definition) is 2. The van der Waals surface area contributed by atoms with E-state index < -0.39 is 0 Å². The molecular formula is C16H32N2O. The third-order valence-corrected chi connectivity index (χ3v) is 4.74. The topological polar surface area (TPSA) is 41.1 Å². The number of amides is 1. The number of carbonyl (C=O) groups is 1. The summed E-state index contributed by atoms with van der Waals surface area (Å²) in [5, 5.41) is 6.33. The Morgan fingerprint density at radius 2 is 1.79 bits per heavy atom. The summed E-state index contributed by atoms with van der Waals surface area (Å²) in [6.45, 7) is 11.5. The molecule has 0 aromatic rings. The lowest BCUT2D eigenvalue weighted by Crippen LogP contribution is -2.43. The van der Waals surface area contributed by atoms with E-state index in [-0.39, 0.29) is 11.9 Å². The summed E-state index contributed by atoms with van der Waals surface area (Å²) in [6.07, 6.45) is 6.27. The minimum atomic E-state index is 0.117. The van der Waals surface area contributed by atoms with Crippen molar-refractivity contribution in [3.63, 3.8) is 0 Å². The Morgan fingerprint density at radius 1 is 1.21 bits per heavy atom. The van der Waals surface area contributed by atoms with E-state index >= 15 is 0 Å². The molecule has 0 bridgehead atoms. The van der Waals surface area contributed by atoms with Gasteiger partial charge in [-0.15, -0.1) is 0 Å². The molecule has 112 valence electrons. The molecule has 2 N–H and O–H groups in total. The molecule has 0 unspecified atom stereocenters. The van der Waals surface area contributed by atoms with Crippen LogP contribution in [0.3, 0.4) is 0 Å². The standard InChI is InChI=1S/C16H32N2O/c1-6-16(4,5)13-7-9-14(10-8-13)17-11-15(19)18-12(2)3/h12-14,17H,6-11H2,1-5H3,(H,18,19). The second-order valence-electron chi connectivity index (χ2n) is 6.99. The Bertz CT molecular complexity index is 278. The van der Waals surface area contributed by atoms with E-state index in [1.54, 1.807) is 0 Å². The normalized spacial score (nSPS) is 24.5. The fraction of sp³-hybridized carbons (Fsp3) is 0.938. The van der Waals surface area contributed by atoms with Gasteiger partial charge in [-0.2, -0.15) is 0 Å². The van der Waals surface area contributed by atoms with Crippen LogP contribution in [-0.4, -0.2) is 24.5 Å². The molecule has 0 radical (unpaired) electrons. The molecule has 0 aromatic carbocycles. The van der Waals surface area contributed by atoms with Crippen LogP contribution >= 0.6 is 0 Å². The van der Waals surface area contributed by atoms with Gasteiger partial charge in [0, 0.05) is 12.1 Å². The molecule has 3 heteroatoms. The van der Waals surface area contributed by atoms with Crippen LogP contribution in [0.25, 0.3) is 0 Å². The van der Waals surface area contributed by atoms with Gasteiger partial charge in [-0.05, 0) is 50.9 Å². The van der Waals surface area contributed by atoms with Crippen molar-refractivity contribution in [2.45, 2.75) is 78.8 Å². The van der Waals surface area contributed by atoms with Crippen LogP contribution in [0, 0.1) is 11.3 Å². The van der Waals surface area contributed by atoms with Crippen molar-refractivity contribution in [3.8, 4) is 0 Å². The molecule has 3 nitrogen and oxygen atoms in total. The first-order valence-corrected chi connectivity index (χ1v) is 7.88. The van der Waals surface area contributed by atoms with Crippen LogP contribution in [0.5, 0.6) is 0 Å². The molecule has 0 saturated heterocycles. The van der Waals surface area contributed by atoms with Gasteiger partial charge >= 0.3 is 0 Å². The zero-order chi connectivity index (χ0) is 14.5. The van der Waals surface area contributed by atoms with E-state index in [2.05, 4.69) is 31.4 Å². The van der Waals surface area contributed by atoms with Crippen molar-refractivity contribution < 1.29 is 4.79 Å². The van der Waals surface area contributed by atoms with E-state index in [9.17, 15) is 4.79 Å². The molecule has 1 aliphatic carbocycles. The van der Waals surface area contributed by atoms with Gasteiger partial charge in [0.15, 0.2) is 0 Å². The summed E-state index contributed by atoms with van der Waals surface area (Å²) in [5.41, 5.74) is 0.472. The lowest BCUT2D eigenvalue weighted by molar-refractivity contribution is -0.120. The van der Waals surface area contributed by atoms with E-state index in [4.69, 9.17) is 0 Å². The predicted octanol–water partition coefficient (Wildman–Crippen LogP) is 3.10. The average Bonchev–Trinajstić information content (AvgIpc) is 2.36. The third kappa shape index (κ3) is 5.52. The number of rotatable bonds is 6. The highest BCUT2D eigenvalue weighted by molar-refractivity contribution is 5.78. The Labute approximate surface area is 118 Å². The van der Waals surface area contributed by atoms with Gasteiger partial charge < -0.3 is 10.6 Å². The van der Waals surface area contributed by atoms with E-state index in [1.807, 2.05) is 13.8 Å². The molecular weight excluding hydrogens is 236 g/mol. The number of nitrogens with one attached hydrogen (secondary N) is 2. The average molecular weight is 268 g/mol. The molecule has 0 aliphatic heterocycles. The van der Waals surface area contributed by atoms with Crippen molar-refractivity contribution in [2.24, 2.45) is 11.3 Å². The van der Waals surface area contributed by atoms with Crippen LogP contribution in [0.2, 0.25) is 0 Å². The molecule has 1 saturated carbocycles. The highest BCUT2D eigenvalue weighted by Gasteiger charge is 2.31. The van der Waals surface area contributed by atoms with Gasteiger partial charge in [-0.3, -0.25) is 4.79 Å². The maximum absolute atomic E-state index is 11.6. The molecule has 0 aromatic heterocycles. The number of hydrogen-bond acceptors (Lipinski definition) is 2. The lowest BCUT2D eigenvalue weighted by Gasteiger charge is -2.39. The van der Waals surface area contributed by atoms with Gasteiger partial charge in [0.25, 0.3) is 0 Å². The van der Waals surface area contributed by atoms with Gasteiger partial charge in [0.05, 0.1) is 6.54 Å². The minimum absolute atomic E-state index is 0.117. The molecule has 0 atom stereocenters. The summed E-state index contributed by atoms with van der Waals surface area (Å²) in [5.74, 6) is 0.964. The second kappa shape index (κ2) is 7.28. The third-order valence-electron chi connectivity index (χ3n) is 4.74. The van der Waals surface area contributed by atoms with Crippen LogP contribution < -0.4 is 10.6 Å². The molecule has 1 aliphatic rings. The Hall–Kier alpha value is -0.570. The van der Waals surface area contributed by atoms with Gasteiger partial charge in [0.2, 0.25) is 5.91 Å². The molecule has 0 spiro atoms. The Balaban J connectivity index is 2.25. The van der Waals surface area contributed by atoms with Crippen LogP contribution in [0.1, 0.15) is 66.7 Å². The summed E-state index contributed by atoms with van der Waals surface area (Å²) < 4.78 is 0. The van der Waals surface area contributed by atoms with Crippen molar-refractivity contribution in [3.05, 3.63) is 0 Å². The second-order valence-corrected chi connectivity index (χ2v) is 6.99. The minimum Gasteiger partial charge on any atom is -0.353 e. The van der Waals surface area contributed by atoms with Crippen LogP contribution in [-0.2, 0) is 4.79 Å². The van der Waals surface area contributed by atoms with Crippen LogP contribution in [0.4, 0.5) is 0 Å². The summed E-state index contributed by atoms with van der Waals surface area (Å²) in [4.78, 5) is 11.6. The zero-order valence-corrected chi connectivity index (χ0v) is 13.4. The largest absolute Gasteiger partial charge is 0.353 e. The summed E-state index contributed by atoms with van der Waals surface area (Å²) >= 11 is 0. The van der Waals surface area contributed by atoms with Crippen molar-refractivity contribution in [1.29, 1.82) is 0 Å². The fourth-order valence-electron chi connectivity index (χ4n) is 2.98. The predicted molar refractivity (Wildman–Crippen MR) is 81.1 cm³/mol. The van der Waals surface area contributed by atoms with Gasteiger partial charge in [-0.25, -0.2) is 0 Å². The van der Waals surface area contributed by atoms with Crippen molar-refractivity contribution in [1.82, 2.24) is 10.6 Å². The highest BCUT2D eigenvalue weighted by Crippen LogP contribution is 2.40. The van der Waals surface area contributed by atoms with Crippen LogP contribution in [0.15, 0.2) is 0 Å². The lowest BCUT2D eigenvalue weighted by atomic mass is 9.69. The van der Waals surface area contributed by atoms with E-state index in [1.165, 1.54) is 32.1 Å². The Kier molecular flexibility index (Phi) is 6.31. The highest BCUT2D eigenvalue weighted by atomic mass is 16.1. The molecule has 1 amide bonds. The summed E-state index contributed by atoms with van der Waals surface area (Å²) in [7, 11) is 0. The molecule has 1 rings (SSSR count). The molecule has 19 heavy (non-hydrogen) atoms. The maximum Gasteiger partial charge on any atom is 0.234 e. The fourth-order valence-corrected chi connectivity index (χ4v) is 2.98. The maximum atomic E-state index is 11.6. The molecule has 1 fully saturated rings. The quantitative estimate of drug-likeness (QED) is 0.777. The van der Waals surface area contributed by atoms with E-state index in [0.717, 1.165) is 5.92 Å². The van der Waals surface area contributed by atoms with Gasteiger partial charge in [0.1, 0.15) is 0 Å². The smallest absolute Gasteiger partial charge is 0.234 e. The molecule has 0 heterocycles. The zero-order valence-electron chi connectivity index (χ0n) is 13.4. The van der Waals surface area contributed by atoms with Crippen molar-refractivity contribution >= 4 is 5.91 Å². The first-order chi connectivity index (χ1) is 8.85. The van der Waals surface area contributed by atoms with Gasteiger partial charge in [-0.1, -0.05) is 27.2 Å². The number of carbonyl (C=O) groups excluding carboxylic acids is 1. The summed E-state index contributed by atoms with van der Waals surface area (Å²) in [6, 6.07) is 0.761. The first kappa shape index (κ1) is 16.5. The monoisotopic (exact) mass is 268 g/mol. The van der Waals surface area contributed by atoms with E-state index in [0.29, 0.717) is 18.0 Å². The van der Waals surface area contributed by atoms with Crippen molar-refractivity contribution in [2.75, 3.05) is 6.54 Å². The Morgan fingerprint density at radius 3 is 2.26 bits per heavy atom.